The number of hydrogen-bond donors (Lipinski definition) is 0. The first kappa shape index (κ1) is 22.7. The molecule has 10 heteroatoms. The third-order valence-electron chi connectivity index (χ3n) is 4.40. The van der Waals surface area contributed by atoms with E-state index in [4.69, 9.17) is 9.47 Å². The third kappa shape index (κ3) is 6.00. The van der Waals surface area contributed by atoms with Crippen LogP contribution in [0.4, 0.5) is 13.2 Å². The summed E-state index contributed by atoms with van der Waals surface area (Å²) in [6, 6.07) is 14.0. The maximum atomic E-state index is 13.3. The lowest BCUT2D eigenvalue weighted by Crippen LogP contribution is -2.08. The summed E-state index contributed by atoms with van der Waals surface area (Å²) < 4.78 is 74.0. The molecule has 3 aromatic rings. The van der Waals surface area contributed by atoms with Crippen LogP contribution in [0, 0.1) is 0 Å². The van der Waals surface area contributed by atoms with Crippen LogP contribution < -0.4 is 9.47 Å². The molecular formula is C21H21F3N2O4S. The van der Waals surface area contributed by atoms with Crippen molar-refractivity contribution >= 4 is 9.84 Å². The quantitative estimate of drug-likeness (QED) is 0.473. The molecule has 0 atom stereocenters. The zero-order chi connectivity index (χ0) is 22.6. The Morgan fingerprint density at radius 2 is 1.61 bits per heavy atom. The molecule has 0 N–H and O–H groups in total. The largest absolute Gasteiger partial charge is 0.497 e. The van der Waals surface area contributed by atoms with Gasteiger partial charge in [-0.15, -0.1) is 0 Å². The Labute approximate surface area is 178 Å². The maximum Gasteiger partial charge on any atom is 0.435 e. The predicted octanol–water partition coefficient (Wildman–Crippen LogP) is 4.38. The van der Waals surface area contributed by atoms with Gasteiger partial charge in [0.1, 0.15) is 21.3 Å². The number of benzene rings is 2. The van der Waals surface area contributed by atoms with Gasteiger partial charge in [0.25, 0.3) is 0 Å². The van der Waals surface area contributed by atoms with Crippen LogP contribution in [0.2, 0.25) is 0 Å². The summed E-state index contributed by atoms with van der Waals surface area (Å²) in [5.74, 6) is 1.08. The van der Waals surface area contributed by atoms with E-state index in [1.807, 2.05) is 0 Å². The van der Waals surface area contributed by atoms with E-state index in [1.54, 1.807) is 48.5 Å². The average Bonchev–Trinajstić information content (AvgIpc) is 3.17. The summed E-state index contributed by atoms with van der Waals surface area (Å²) in [5, 5.41) is 3.75. The van der Waals surface area contributed by atoms with Gasteiger partial charge in [-0.05, 0) is 61.0 Å². The van der Waals surface area contributed by atoms with Gasteiger partial charge in [-0.25, -0.2) is 13.1 Å². The van der Waals surface area contributed by atoms with Crippen LogP contribution in [-0.4, -0.2) is 43.9 Å². The molecule has 0 bridgehead atoms. The minimum atomic E-state index is -4.59. The highest BCUT2D eigenvalue weighted by molar-refractivity contribution is 7.90. The van der Waals surface area contributed by atoms with Crippen LogP contribution >= 0.6 is 0 Å². The summed E-state index contributed by atoms with van der Waals surface area (Å²) in [5.41, 5.74) is 0.232. The minimum absolute atomic E-state index is 0.0202. The number of nitrogens with zero attached hydrogens (tertiary/aromatic N) is 2. The average molecular weight is 454 g/mol. The first-order valence-electron chi connectivity index (χ1n) is 9.29. The van der Waals surface area contributed by atoms with Crippen LogP contribution in [0.5, 0.6) is 11.5 Å². The number of alkyl halides is 3. The molecule has 0 radical (unpaired) electrons. The molecule has 0 saturated carbocycles. The molecule has 3 rings (SSSR count). The Morgan fingerprint density at radius 1 is 1.00 bits per heavy atom. The maximum absolute atomic E-state index is 13.3. The molecule has 0 aliphatic carbocycles. The molecule has 0 aliphatic heterocycles. The molecule has 0 fully saturated rings. The second-order valence-electron chi connectivity index (χ2n) is 6.88. The number of ether oxygens (including phenoxy) is 2. The van der Waals surface area contributed by atoms with E-state index >= 15 is 0 Å². The molecule has 0 saturated heterocycles. The molecule has 0 amide bonds. The Bertz CT molecular complexity index is 1120. The number of sulfone groups is 1. The van der Waals surface area contributed by atoms with Crippen LogP contribution in [-0.2, 0) is 16.0 Å². The van der Waals surface area contributed by atoms with Gasteiger partial charge in [-0.3, -0.25) is 0 Å². The summed E-state index contributed by atoms with van der Waals surface area (Å²) in [7, 11) is -1.56. The Balaban J connectivity index is 1.86. The van der Waals surface area contributed by atoms with Gasteiger partial charge >= 0.3 is 6.18 Å². The van der Waals surface area contributed by atoms with Crippen molar-refractivity contribution in [3.63, 3.8) is 0 Å². The number of methoxy groups -OCH3 is 1. The lowest BCUT2D eigenvalue weighted by molar-refractivity contribution is -0.141. The standard InChI is InChI=1S/C21H21F3N2O4S/c1-29-17-10-6-16(7-11-17)26-19(14-20(25-26)21(22,23)24)15-4-8-18(9-5-15)30-12-3-13-31(2,27)28/h4-11,14H,3,12-13H2,1-2H3. The highest BCUT2D eigenvalue weighted by Crippen LogP contribution is 2.34. The molecule has 2 aromatic carbocycles. The topological polar surface area (TPSA) is 70.4 Å². The van der Waals surface area contributed by atoms with Crippen molar-refractivity contribution in [2.45, 2.75) is 12.6 Å². The summed E-state index contributed by atoms with van der Waals surface area (Å²) in [6.45, 7) is 0.217. The van der Waals surface area contributed by atoms with Gasteiger partial charge in [0.15, 0.2) is 5.69 Å². The third-order valence-corrected chi connectivity index (χ3v) is 5.43. The highest BCUT2D eigenvalue weighted by atomic mass is 32.2. The van der Waals surface area contributed by atoms with E-state index in [0.717, 1.165) is 12.3 Å². The van der Waals surface area contributed by atoms with Crippen molar-refractivity contribution in [1.29, 1.82) is 0 Å². The zero-order valence-electron chi connectivity index (χ0n) is 16.9. The van der Waals surface area contributed by atoms with Crippen molar-refractivity contribution in [3.8, 4) is 28.4 Å². The first-order chi connectivity index (χ1) is 14.6. The van der Waals surface area contributed by atoms with Crippen LogP contribution in [0.1, 0.15) is 12.1 Å². The van der Waals surface area contributed by atoms with Gasteiger partial charge in [0.2, 0.25) is 0 Å². The van der Waals surface area contributed by atoms with E-state index in [9.17, 15) is 21.6 Å². The van der Waals surface area contributed by atoms with Crippen molar-refractivity contribution in [2.75, 3.05) is 25.7 Å². The molecule has 0 unspecified atom stereocenters. The lowest BCUT2D eigenvalue weighted by atomic mass is 10.1. The van der Waals surface area contributed by atoms with Crippen molar-refractivity contribution in [3.05, 3.63) is 60.3 Å². The van der Waals surface area contributed by atoms with Gasteiger partial charge in [0.05, 0.1) is 30.9 Å². The summed E-state index contributed by atoms with van der Waals surface area (Å²) in [6.07, 6.45) is -3.09. The fraction of sp³-hybridized carbons (Fsp3) is 0.286. The van der Waals surface area contributed by atoms with E-state index < -0.39 is 21.7 Å². The Hall–Kier alpha value is -3.01. The molecule has 31 heavy (non-hydrogen) atoms. The van der Waals surface area contributed by atoms with E-state index in [-0.39, 0.29) is 18.1 Å². The first-order valence-corrected chi connectivity index (χ1v) is 11.4. The van der Waals surface area contributed by atoms with Gasteiger partial charge in [-0.1, -0.05) is 0 Å². The molecule has 1 heterocycles. The second kappa shape index (κ2) is 9.01. The van der Waals surface area contributed by atoms with Crippen LogP contribution in [0.25, 0.3) is 16.9 Å². The monoisotopic (exact) mass is 454 g/mol. The molecule has 6 nitrogen and oxygen atoms in total. The number of rotatable bonds is 8. The van der Waals surface area contributed by atoms with Crippen molar-refractivity contribution in [2.24, 2.45) is 0 Å². The zero-order valence-corrected chi connectivity index (χ0v) is 17.7. The lowest BCUT2D eigenvalue weighted by Gasteiger charge is -2.10. The smallest absolute Gasteiger partial charge is 0.435 e. The second-order valence-corrected chi connectivity index (χ2v) is 9.14. The van der Waals surface area contributed by atoms with E-state index in [2.05, 4.69) is 5.10 Å². The van der Waals surface area contributed by atoms with Crippen LogP contribution in [0.3, 0.4) is 0 Å². The highest BCUT2D eigenvalue weighted by Gasteiger charge is 2.35. The van der Waals surface area contributed by atoms with E-state index in [1.165, 1.54) is 11.8 Å². The minimum Gasteiger partial charge on any atom is -0.497 e. The summed E-state index contributed by atoms with van der Waals surface area (Å²) >= 11 is 0. The Morgan fingerprint density at radius 3 is 2.16 bits per heavy atom. The molecular weight excluding hydrogens is 433 g/mol. The molecule has 0 aliphatic rings. The molecule has 166 valence electrons. The molecule has 1 aromatic heterocycles. The fourth-order valence-electron chi connectivity index (χ4n) is 2.88. The van der Waals surface area contributed by atoms with Gasteiger partial charge < -0.3 is 9.47 Å². The van der Waals surface area contributed by atoms with Gasteiger partial charge in [-0.2, -0.15) is 18.3 Å². The van der Waals surface area contributed by atoms with Crippen LogP contribution in [0.15, 0.2) is 54.6 Å². The predicted molar refractivity (Wildman–Crippen MR) is 110 cm³/mol. The SMILES string of the molecule is COc1ccc(-n2nc(C(F)(F)F)cc2-c2ccc(OCCCS(C)(=O)=O)cc2)cc1. The van der Waals surface area contributed by atoms with Gasteiger partial charge in [0, 0.05) is 11.8 Å². The number of halogens is 3. The number of hydrogen-bond acceptors (Lipinski definition) is 5. The molecule has 0 spiro atoms. The Kier molecular flexibility index (Phi) is 6.59. The van der Waals surface area contributed by atoms with Crippen molar-refractivity contribution < 1.29 is 31.1 Å². The fourth-order valence-corrected chi connectivity index (χ4v) is 3.52. The summed E-state index contributed by atoms with van der Waals surface area (Å²) in [4.78, 5) is 0. The normalized spacial score (nSPS) is 12.0. The van der Waals surface area contributed by atoms with E-state index in [0.29, 0.717) is 29.2 Å². The van der Waals surface area contributed by atoms with Crippen molar-refractivity contribution in [1.82, 2.24) is 9.78 Å². The number of aromatic nitrogens is 2.